The molecule has 0 saturated heterocycles. The molecule has 0 aliphatic heterocycles. The summed E-state index contributed by atoms with van der Waals surface area (Å²) in [5.41, 5.74) is 0.699. The number of Topliss-reactive ketones (excluding diaryl/α,β-unsaturated/α-hetero) is 1. The minimum absolute atomic E-state index is 0.0869. The van der Waals surface area contributed by atoms with Gasteiger partial charge in [-0.15, -0.1) is 0 Å². The SMILES string of the molecule is COc1cc(Cl)ccc1-c1noc(CCC(C)=O)n1. The number of hydrogen-bond donors (Lipinski definition) is 0. The summed E-state index contributed by atoms with van der Waals surface area (Å²) in [6.45, 7) is 1.53. The summed E-state index contributed by atoms with van der Waals surface area (Å²) in [7, 11) is 1.55. The van der Waals surface area contributed by atoms with Crippen LogP contribution in [0.1, 0.15) is 19.2 Å². The van der Waals surface area contributed by atoms with Crippen molar-refractivity contribution in [2.24, 2.45) is 0 Å². The number of carbonyl (C=O) groups excluding carboxylic acids is 1. The van der Waals surface area contributed by atoms with Crippen molar-refractivity contribution >= 4 is 17.4 Å². The van der Waals surface area contributed by atoms with Gasteiger partial charge in [0, 0.05) is 17.9 Å². The van der Waals surface area contributed by atoms with E-state index in [0.29, 0.717) is 40.9 Å². The zero-order valence-corrected chi connectivity index (χ0v) is 11.4. The number of nitrogens with zero attached hydrogens (tertiary/aromatic N) is 2. The fourth-order valence-corrected chi connectivity index (χ4v) is 1.76. The number of benzene rings is 1. The van der Waals surface area contributed by atoms with Crippen LogP contribution in [0.2, 0.25) is 5.02 Å². The minimum atomic E-state index is 0.0869. The Labute approximate surface area is 115 Å². The first-order chi connectivity index (χ1) is 9.10. The molecule has 0 aliphatic carbocycles. The maximum absolute atomic E-state index is 10.9. The van der Waals surface area contributed by atoms with Gasteiger partial charge in [-0.25, -0.2) is 0 Å². The Morgan fingerprint density at radius 3 is 2.95 bits per heavy atom. The summed E-state index contributed by atoms with van der Waals surface area (Å²) < 4.78 is 10.3. The Morgan fingerprint density at radius 1 is 1.47 bits per heavy atom. The molecular weight excluding hydrogens is 268 g/mol. The number of ketones is 1. The summed E-state index contributed by atoms with van der Waals surface area (Å²) in [6, 6.07) is 5.17. The average molecular weight is 281 g/mol. The molecule has 0 spiro atoms. The summed E-state index contributed by atoms with van der Waals surface area (Å²) in [6.07, 6.45) is 0.831. The Hall–Kier alpha value is -1.88. The van der Waals surface area contributed by atoms with Crippen molar-refractivity contribution in [2.75, 3.05) is 7.11 Å². The molecule has 5 nitrogen and oxygen atoms in total. The van der Waals surface area contributed by atoms with Gasteiger partial charge >= 0.3 is 0 Å². The van der Waals surface area contributed by atoms with Gasteiger partial charge in [0.1, 0.15) is 11.5 Å². The number of rotatable bonds is 5. The molecule has 2 aromatic rings. The van der Waals surface area contributed by atoms with Gasteiger partial charge in [0.05, 0.1) is 12.7 Å². The van der Waals surface area contributed by atoms with Crippen molar-refractivity contribution in [3.63, 3.8) is 0 Å². The Morgan fingerprint density at radius 2 is 2.26 bits per heavy atom. The second-order valence-electron chi connectivity index (χ2n) is 4.06. The monoisotopic (exact) mass is 280 g/mol. The van der Waals surface area contributed by atoms with Crippen LogP contribution in [0.4, 0.5) is 0 Å². The number of aromatic nitrogens is 2. The van der Waals surface area contributed by atoms with Crippen molar-refractivity contribution in [3.05, 3.63) is 29.1 Å². The molecule has 19 heavy (non-hydrogen) atoms. The lowest BCUT2D eigenvalue weighted by Gasteiger charge is -2.04. The lowest BCUT2D eigenvalue weighted by atomic mass is 10.2. The number of carbonyl (C=O) groups is 1. The number of halogens is 1. The van der Waals surface area contributed by atoms with Gasteiger partial charge in [-0.3, -0.25) is 0 Å². The van der Waals surface area contributed by atoms with Crippen LogP contribution in [0.25, 0.3) is 11.4 Å². The summed E-state index contributed by atoms with van der Waals surface area (Å²) in [5, 5.41) is 4.45. The molecule has 1 aromatic heterocycles. The van der Waals surface area contributed by atoms with Crippen LogP contribution in [0.3, 0.4) is 0 Å². The van der Waals surface area contributed by atoms with E-state index in [2.05, 4.69) is 10.1 Å². The smallest absolute Gasteiger partial charge is 0.227 e. The van der Waals surface area contributed by atoms with Crippen molar-refractivity contribution in [1.82, 2.24) is 10.1 Å². The fraction of sp³-hybridized carbons (Fsp3) is 0.308. The van der Waals surface area contributed by atoms with E-state index < -0.39 is 0 Å². The highest BCUT2D eigenvalue weighted by Crippen LogP contribution is 2.30. The molecule has 0 fully saturated rings. The zero-order chi connectivity index (χ0) is 13.8. The van der Waals surface area contributed by atoms with Crippen molar-refractivity contribution < 1.29 is 14.1 Å². The molecule has 0 amide bonds. The fourth-order valence-electron chi connectivity index (χ4n) is 1.60. The normalized spacial score (nSPS) is 10.5. The molecule has 2 rings (SSSR count). The van der Waals surface area contributed by atoms with Gasteiger partial charge in [-0.1, -0.05) is 16.8 Å². The van der Waals surface area contributed by atoms with Gasteiger partial charge in [0.25, 0.3) is 0 Å². The number of aryl methyl sites for hydroxylation is 1. The maximum Gasteiger partial charge on any atom is 0.227 e. The molecule has 0 atom stereocenters. The quantitative estimate of drug-likeness (QED) is 0.842. The van der Waals surface area contributed by atoms with Gasteiger partial charge in [-0.2, -0.15) is 4.98 Å². The van der Waals surface area contributed by atoms with Crippen molar-refractivity contribution in [2.45, 2.75) is 19.8 Å². The van der Waals surface area contributed by atoms with E-state index in [-0.39, 0.29) is 5.78 Å². The predicted molar refractivity (Wildman–Crippen MR) is 70.3 cm³/mol. The Kier molecular flexibility index (Phi) is 4.16. The van der Waals surface area contributed by atoms with Crippen LogP contribution >= 0.6 is 11.6 Å². The molecule has 0 bridgehead atoms. The molecule has 1 heterocycles. The molecule has 0 saturated carbocycles. The first kappa shape index (κ1) is 13.5. The van der Waals surface area contributed by atoms with E-state index in [9.17, 15) is 4.79 Å². The largest absolute Gasteiger partial charge is 0.496 e. The van der Waals surface area contributed by atoms with Gasteiger partial charge in [0.15, 0.2) is 0 Å². The summed E-state index contributed by atoms with van der Waals surface area (Å²) >= 11 is 5.89. The molecule has 0 radical (unpaired) electrons. The molecule has 0 N–H and O–H groups in total. The number of ether oxygens (including phenoxy) is 1. The number of hydrogen-bond acceptors (Lipinski definition) is 5. The standard InChI is InChI=1S/C13H13ClN2O3/c1-8(17)3-6-12-15-13(16-19-12)10-5-4-9(14)7-11(10)18-2/h4-5,7H,3,6H2,1-2H3. The van der Waals surface area contributed by atoms with Crippen LogP contribution in [0, 0.1) is 0 Å². The molecule has 0 unspecified atom stereocenters. The third kappa shape index (κ3) is 3.32. The second-order valence-corrected chi connectivity index (χ2v) is 4.49. The highest BCUT2D eigenvalue weighted by molar-refractivity contribution is 6.30. The second kappa shape index (κ2) is 5.84. The van der Waals surface area contributed by atoms with E-state index in [4.69, 9.17) is 20.9 Å². The topological polar surface area (TPSA) is 65.2 Å². The lowest BCUT2D eigenvalue weighted by molar-refractivity contribution is -0.117. The van der Waals surface area contributed by atoms with E-state index in [0.717, 1.165) is 0 Å². The third-order valence-corrected chi connectivity index (χ3v) is 2.80. The van der Waals surface area contributed by atoms with Gasteiger partial charge in [0.2, 0.25) is 11.7 Å². The first-order valence-corrected chi connectivity index (χ1v) is 6.14. The van der Waals surface area contributed by atoms with Gasteiger partial charge < -0.3 is 14.1 Å². The average Bonchev–Trinajstić information content (AvgIpc) is 2.84. The molecule has 6 heteroatoms. The minimum Gasteiger partial charge on any atom is -0.496 e. The zero-order valence-electron chi connectivity index (χ0n) is 10.6. The molecular formula is C13H13ClN2O3. The van der Waals surface area contributed by atoms with E-state index in [1.165, 1.54) is 6.92 Å². The third-order valence-electron chi connectivity index (χ3n) is 2.56. The van der Waals surface area contributed by atoms with Crippen LogP contribution < -0.4 is 4.74 Å². The summed E-state index contributed by atoms with van der Waals surface area (Å²) in [5.74, 6) is 1.52. The van der Waals surface area contributed by atoms with Crippen molar-refractivity contribution in [1.29, 1.82) is 0 Å². The lowest BCUT2D eigenvalue weighted by Crippen LogP contribution is -1.94. The summed E-state index contributed by atoms with van der Waals surface area (Å²) in [4.78, 5) is 15.1. The van der Waals surface area contributed by atoms with E-state index >= 15 is 0 Å². The first-order valence-electron chi connectivity index (χ1n) is 5.76. The van der Waals surface area contributed by atoms with Crippen LogP contribution in [0.5, 0.6) is 5.75 Å². The Bertz CT molecular complexity index is 595. The van der Waals surface area contributed by atoms with E-state index in [1.54, 1.807) is 25.3 Å². The van der Waals surface area contributed by atoms with Crippen LogP contribution in [-0.2, 0) is 11.2 Å². The van der Waals surface area contributed by atoms with Crippen LogP contribution in [-0.4, -0.2) is 23.0 Å². The van der Waals surface area contributed by atoms with Crippen LogP contribution in [0.15, 0.2) is 22.7 Å². The molecule has 1 aromatic carbocycles. The van der Waals surface area contributed by atoms with Gasteiger partial charge in [-0.05, 0) is 25.1 Å². The highest BCUT2D eigenvalue weighted by Gasteiger charge is 2.13. The maximum atomic E-state index is 10.9. The predicted octanol–water partition coefficient (Wildman–Crippen LogP) is 2.92. The van der Waals surface area contributed by atoms with Crippen molar-refractivity contribution in [3.8, 4) is 17.1 Å². The highest BCUT2D eigenvalue weighted by atomic mass is 35.5. The number of methoxy groups -OCH3 is 1. The van der Waals surface area contributed by atoms with E-state index in [1.807, 2.05) is 0 Å². The molecule has 100 valence electrons. The Balaban J connectivity index is 2.25. The molecule has 0 aliphatic rings.